The zero-order valence-corrected chi connectivity index (χ0v) is 22.1. The van der Waals surface area contributed by atoms with Gasteiger partial charge in [-0.2, -0.15) is 0 Å². The number of hydrogen-bond acceptors (Lipinski definition) is 7. The monoisotopic (exact) mass is 532 g/mol. The van der Waals surface area contributed by atoms with Gasteiger partial charge in [0.15, 0.2) is 11.5 Å². The van der Waals surface area contributed by atoms with Crippen molar-refractivity contribution in [3.63, 3.8) is 0 Å². The first-order valence-electron chi connectivity index (χ1n) is 10.5. The summed E-state index contributed by atoms with van der Waals surface area (Å²) < 4.78 is 7.72. The number of rotatable bonds is 6. The lowest BCUT2D eigenvalue weighted by molar-refractivity contribution is 0.0827. The fourth-order valence-corrected chi connectivity index (χ4v) is 3.55. The summed E-state index contributed by atoms with van der Waals surface area (Å²) in [7, 11) is 2.75. The van der Waals surface area contributed by atoms with Crippen LogP contribution >= 0.6 is 23.2 Å². The van der Waals surface area contributed by atoms with Crippen LogP contribution in [0.25, 0.3) is 0 Å². The van der Waals surface area contributed by atoms with Crippen LogP contribution in [0.15, 0.2) is 9.59 Å². The molecule has 0 spiro atoms. The van der Waals surface area contributed by atoms with E-state index in [2.05, 4.69) is 10.6 Å². The first-order chi connectivity index (χ1) is 16.3. The van der Waals surface area contributed by atoms with E-state index in [1.165, 1.54) is 23.2 Å². The van der Waals surface area contributed by atoms with Crippen molar-refractivity contribution in [3.8, 4) is 11.5 Å². The molecule has 0 bridgehead atoms. The summed E-state index contributed by atoms with van der Waals surface area (Å²) >= 11 is 11.8. The van der Waals surface area contributed by atoms with E-state index in [0.29, 0.717) is 18.0 Å². The lowest BCUT2D eigenvalue weighted by Crippen LogP contribution is -2.33. The predicted octanol–water partition coefficient (Wildman–Crippen LogP) is 2.33. The molecule has 194 valence electrons. The molecule has 0 fully saturated rings. The predicted molar refractivity (Wildman–Crippen MR) is 133 cm³/mol. The lowest BCUT2D eigenvalue weighted by atomic mass is 10.2. The Hall–Kier alpha value is -3.02. The van der Waals surface area contributed by atoms with Crippen molar-refractivity contribution in [2.75, 3.05) is 20.7 Å². The molecule has 0 aromatic carbocycles. The van der Waals surface area contributed by atoms with Crippen molar-refractivity contribution < 1.29 is 24.5 Å². The molecule has 2 aromatic heterocycles. The highest BCUT2D eigenvalue weighted by Gasteiger charge is 2.24. The van der Waals surface area contributed by atoms with Crippen LogP contribution in [0.2, 0.25) is 10.0 Å². The fraction of sp³-hybridized carbons (Fsp3) is 0.455. The van der Waals surface area contributed by atoms with Crippen LogP contribution in [0, 0.1) is 13.8 Å². The summed E-state index contributed by atoms with van der Waals surface area (Å²) in [5.41, 5.74) is -1.09. The Balaban J connectivity index is 0.000000351. The van der Waals surface area contributed by atoms with Gasteiger partial charge in [-0.15, -0.1) is 0 Å². The lowest BCUT2D eigenvalue weighted by Gasteiger charge is -2.17. The highest BCUT2D eigenvalue weighted by molar-refractivity contribution is 6.33. The van der Waals surface area contributed by atoms with Gasteiger partial charge in [0, 0.05) is 38.1 Å². The summed E-state index contributed by atoms with van der Waals surface area (Å²) in [5.74, 6) is -2.31. The van der Waals surface area contributed by atoms with Gasteiger partial charge in [0.1, 0.15) is 27.9 Å². The Kier molecular flexibility index (Phi) is 10.8. The van der Waals surface area contributed by atoms with Crippen LogP contribution in [0.3, 0.4) is 0 Å². The SMILES string of the molecule is CCOCn1c(C)c(Cl)c(O)c(C(=O)NC)c1=O.CNC(=O)c1c(O)c(Cl)c(C)n(C(C)C)c1=O. The molecule has 0 aliphatic carbocycles. The summed E-state index contributed by atoms with van der Waals surface area (Å²) in [5, 5.41) is 24.1. The molecular weight excluding hydrogens is 503 g/mol. The standard InChI is InChI=1S/C11H15ClN2O4.C11H15ClN2O3/c1-4-18-5-14-6(2)8(12)9(15)7(11(14)17)10(16)13-3;1-5(2)14-6(3)8(12)9(15)7(11(14)17)10(16)13-4/h15H,4-5H2,1-3H3,(H,13,16);5,15H,1-4H3,(H,13,16). The number of aromatic nitrogens is 2. The number of nitrogens with one attached hydrogen (secondary N) is 2. The summed E-state index contributed by atoms with van der Waals surface area (Å²) in [6, 6.07) is -0.149. The highest BCUT2D eigenvalue weighted by Crippen LogP contribution is 2.30. The van der Waals surface area contributed by atoms with Crippen LogP contribution in [0.4, 0.5) is 0 Å². The molecule has 0 unspecified atom stereocenters. The van der Waals surface area contributed by atoms with Crippen LogP contribution in [0.5, 0.6) is 11.5 Å². The zero-order chi connectivity index (χ0) is 27.2. The molecule has 0 saturated carbocycles. The molecule has 0 saturated heterocycles. The summed E-state index contributed by atoms with van der Waals surface area (Å²) in [6.45, 7) is 8.96. The van der Waals surface area contributed by atoms with Gasteiger partial charge in [-0.3, -0.25) is 23.7 Å². The minimum Gasteiger partial charge on any atom is -0.505 e. The average Bonchev–Trinajstić information content (AvgIpc) is 2.81. The maximum Gasteiger partial charge on any atom is 0.269 e. The summed E-state index contributed by atoms with van der Waals surface area (Å²) in [4.78, 5) is 47.3. The molecule has 2 heterocycles. The Morgan fingerprint density at radius 3 is 1.74 bits per heavy atom. The second-order valence-corrected chi connectivity index (χ2v) is 8.28. The van der Waals surface area contributed by atoms with Gasteiger partial charge in [-0.1, -0.05) is 23.2 Å². The molecule has 0 radical (unpaired) electrons. The van der Waals surface area contributed by atoms with E-state index in [4.69, 9.17) is 27.9 Å². The Labute approximate surface area is 212 Å². The molecule has 11 nitrogen and oxygen atoms in total. The molecular formula is C22H30Cl2N4O7. The van der Waals surface area contributed by atoms with E-state index in [1.807, 2.05) is 0 Å². The minimum absolute atomic E-state index is 0.0227. The van der Waals surface area contributed by atoms with Gasteiger partial charge in [-0.25, -0.2) is 0 Å². The first-order valence-corrected chi connectivity index (χ1v) is 11.3. The molecule has 35 heavy (non-hydrogen) atoms. The van der Waals surface area contributed by atoms with Gasteiger partial charge >= 0.3 is 0 Å². The Morgan fingerprint density at radius 1 is 0.914 bits per heavy atom. The van der Waals surface area contributed by atoms with Crippen LogP contribution in [0.1, 0.15) is 58.9 Å². The van der Waals surface area contributed by atoms with E-state index in [9.17, 15) is 29.4 Å². The van der Waals surface area contributed by atoms with E-state index in [-0.39, 0.29) is 33.9 Å². The number of amides is 2. The van der Waals surface area contributed by atoms with E-state index < -0.39 is 34.4 Å². The van der Waals surface area contributed by atoms with Crippen molar-refractivity contribution in [1.82, 2.24) is 19.8 Å². The second-order valence-electron chi connectivity index (χ2n) is 7.53. The van der Waals surface area contributed by atoms with Gasteiger partial charge in [0.05, 0.1) is 0 Å². The van der Waals surface area contributed by atoms with E-state index in [0.717, 1.165) is 0 Å². The first kappa shape index (κ1) is 30.0. The van der Waals surface area contributed by atoms with Gasteiger partial charge < -0.3 is 30.2 Å². The third-order valence-corrected chi connectivity index (χ3v) is 5.94. The number of ether oxygens (including phenoxy) is 1. The Morgan fingerprint density at radius 2 is 1.34 bits per heavy atom. The zero-order valence-electron chi connectivity index (χ0n) is 20.6. The van der Waals surface area contributed by atoms with Crippen molar-refractivity contribution in [2.45, 2.75) is 47.4 Å². The molecule has 0 atom stereocenters. The quantitative estimate of drug-likeness (QED) is 0.445. The molecule has 2 amide bonds. The third-order valence-electron chi connectivity index (χ3n) is 5.03. The highest BCUT2D eigenvalue weighted by atomic mass is 35.5. The number of hydrogen-bond donors (Lipinski definition) is 4. The Bertz CT molecular complexity index is 1240. The number of carbonyl (C=O) groups excluding carboxylic acids is 2. The fourth-order valence-electron chi connectivity index (χ4n) is 3.17. The molecule has 0 aliphatic heterocycles. The van der Waals surface area contributed by atoms with E-state index in [1.54, 1.807) is 34.6 Å². The van der Waals surface area contributed by atoms with E-state index >= 15 is 0 Å². The normalized spacial score (nSPS) is 10.6. The molecule has 13 heteroatoms. The second kappa shape index (κ2) is 12.6. The van der Waals surface area contributed by atoms with Gasteiger partial charge in [0.2, 0.25) is 0 Å². The molecule has 0 aliphatic rings. The van der Waals surface area contributed by atoms with Crippen molar-refractivity contribution in [2.24, 2.45) is 0 Å². The maximum absolute atomic E-state index is 12.1. The number of halogens is 2. The van der Waals surface area contributed by atoms with Crippen LogP contribution < -0.4 is 21.8 Å². The van der Waals surface area contributed by atoms with Gasteiger partial charge in [0.25, 0.3) is 22.9 Å². The minimum atomic E-state index is -0.690. The number of nitrogens with zero attached hydrogens (tertiary/aromatic N) is 2. The van der Waals surface area contributed by atoms with Crippen molar-refractivity contribution in [3.05, 3.63) is 53.3 Å². The number of carbonyl (C=O) groups is 2. The molecule has 2 rings (SSSR count). The van der Waals surface area contributed by atoms with Gasteiger partial charge in [-0.05, 0) is 34.6 Å². The maximum atomic E-state index is 12.1. The van der Waals surface area contributed by atoms with Crippen molar-refractivity contribution in [1.29, 1.82) is 0 Å². The molecule has 4 N–H and O–H groups in total. The topological polar surface area (TPSA) is 152 Å². The number of pyridine rings is 2. The smallest absolute Gasteiger partial charge is 0.269 e. The summed E-state index contributed by atoms with van der Waals surface area (Å²) in [6.07, 6.45) is 0. The largest absolute Gasteiger partial charge is 0.505 e. The third kappa shape index (κ3) is 6.16. The van der Waals surface area contributed by atoms with Crippen LogP contribution in [-0.4, -0.2) is 51.9 Å². The number of aromatic hydroxyl groups is 2. The molecule has 2 aromatic rings. The van der Waals surface area contributed by atoms with Crippen LogP contribution in [-0.2, 0) is 11.5 Å². The van der Waals surface area contributed by atoms with Crippen molar-refractivity contribution >= 4 is 35.0 Å². The average molecular weight is 533 g/mol.